The topological polar surface area (TPSA) is 9.86 Å². The van der Waals surface area contributed by atoms with Gasteiger partial charge in [0.25, 0.3) is 0 Å². The summed E-state index contributed by atoms with van der Waals surface area (Å²) >= 11 is 3.70. The van der Waals surface area contributed by atoms with Crippen molar-refractivity contribution in [2.45, 2.75) is 0 Å². The molecular formula is C18H14N2P2S2. The van der Waals surface area contributed by atoms with Gasteiger partial charge in [-0.15, -0.1) is 22.7 Å². The van der Waals surface area contributed by atoms with Crippen molar-refractivity contribution >= 4 is 82.3 Å². The molecule has 0 saturated heterocycles. The van der Waals surface area contributed by atoms with Gasteiger partial charge in [-0.3, -0.25) is 0 Å². The van der Waals surface area contributed by atoms with Crippen molar-refractivity contribution in [3.05, 3.63) is 60.7 Å². The maximum Gasteiger partial charge on any atom is 0.0812 e. The molecule has 0 radical (unpaired) electrons. The number of para-hydroxylation sites is 2. The molecule has 2 atom stereocenters. The fourth-order valence-electron chi connectivity index (χ4n) is 3.11. The zero-order valence-electron chi connectivity index (χ0n) is 12.6. The lowest BCUT2D eigenvalue weighted by atomic mass is 10.3. The molecule has 24 heavy (non-hydrogen) atoms. The Labute approximate surface area is 151 Å². The van der Waals surface area contributed by atoms with Gasteiger partial charge in [0, 0.05) is 0 Å². The Bertz CT molecular complexity index is 1290. The Morgan fingerprint density at radius 1 is 0.583 bits per heavy atom. The highest BCUT2D eigenvalue weighted by Gasteiger charge is 2.11. The molecule has 0 fully saturated rings. The molecule has 0 amide bonds. The Morgan fingerprint density at radius 3 is 1.96 bits per heavy atom. The summed E-state index contributed by atoms with van der Waals surface area (Å²) in [6.07, 6.45) is 0. The molecule has 0 aliphatic heterocycles. The summed E-state index contributed by atoms with van der Waals surface area (Å²) in [6, 6.07) is 21.6. The van der Waals surface area contributed by atoms with Gasteiger partial charge < -0.3 is 8.68 Å². The molecule has 0 N–H and O–H groups in total. The molecule has 118 valence electrons. The van der Waals surface area contributed by atoms with Crippen LogP contribution in [0.1, 0.15) is 0 Å². The van der Waals surface area contributed by atoms with Crippen LogP contribution in [0.4, 0.5) is 0 Å². The van der Waals surface area contributed by atoms with E-state index in [0.29, 0.717) is 0 Å². The normalized spacial score (nSPS) is 11.8. The minimum Gasteiger partial charge on any atom is -0.323 e. The lowest BCUT2D eigenvalue weighted by molar-refractivity contribution is 1.39. The molecule has 5 rings (SSSR count). The van der Waals surface area contributed by atoms with E-state index in [4.69, 9.17) is 0 Å². The molecule has 2 heterocycles. The second-order valence-electron chi connectivity index (χ2n) is 5.64. The van der Waals surface area contributed by atoms with Crippen LogP contribution in [0, 0.1) is 0 Å². The van der Waals surface area contributed by atoms with Crippen molar-refractivity contribution in [2.75, 3.05) is 0 Å². The first-order valence-corrected chi connectivity index (χ1v) is 10.2. The summed E-state index contributed by atoms with van der Waals surface area (Å²) in [5.74, 6) is 0. The number of benzene rings is 3. The van der Waals surface area contributed by atoms with Crippen molar-refractivity contribution in [3.8, 4) is 0 Å². The molecule has 0 spiro atoms. The summed E-state index contributed by atoms with van der Waals surface area (Å²) in [6.45, 7) is 0. The van der Waals surface area contributed by atoms with Gasteiger partial charge in [0.2, 0.25) is 0 Å². The van der Waals surface area contributed by atoms with Crippen LogP contribution >= 0.6 is 41.5 Å². The Balaban J connectivity index is 2.08. The maximum atomic E-state index is 2.90. The van der Waals surface area contributed by atoms with E-state index in [1.165, 1.54) is 40.9 Å². The van der Waals surface area contributed by atoms with Crippen molar-refractivity contribution in [3.63, 3.8) is 0 Å². The Morgan fingerprint density at radius 2 is 1.21 bits per heavy atom. The van der Waals surface area contributed by atoms with E-state index in [-0.39, 0.29) is 0 Å². The largest absolute Gasteiger partial charge is 0.323 e. The summed E-state index contributed by atoms with van der Waals surface area (Å²) in [4.78, 5) is 0. The SMILES string of the molecule is Pn1c2ccccc2sc2c1ccc1sc3ccccc3n(P)c12. The van der Waals surface area contributed by atoms with Gasteiger partial charge in [-0.1, -0.05) is 24.3 Å². The number of rotatable bonds is 0. The van der Waals surface area contributed by atoms with Gasteiger partial charge >= 0.3 is 0 Å². The maximum absolute atomic E-state index is 2.90. The molecule has 5 aromatic rings. The van der Waals surface area contributed by atoms with E-state index in [0.717, 1.165) is 0 Å². The van der Waals surface area contributed by atoms with Crippen LogP contribution in [0.25, 0.3) is 40.9 Å². The van der Waals surface area contributed by atoms with Crippen LogP contribution in [0.5, 0.6) is 0 Å². The number of hydrogen-bond acceptors (Lipinski definition) is 2. The summed E-state index contributed by atoms with van der Waals surface area (Å²) < 4.78 is 9.65. The van der Waals surface area contributed by atoms with Gasteiger partial charge in [0.05, 0.1) is 40.9 Å². The molecule has 2 aromatic heterocycles. The fraction of sp³-hybridized carbons (Fsp3) is 0. The van der Waals surface area contributed by atoms with Crippen LogP contribution in [-0.2, 0) is 0 Å². The van der Waals surface area contributed by atoms with E-state index in [1.807, 2.05) is 22.7 Å². The van der Waals surface area contributed by atoms with E-state index in [1.54, 1.807) is 0 Å². The highest BCUT2D eigenvalue weighted by atomic mass is 32.1. The van der Waals surface area contributed by atoms with Gasteiger partial charge in [-0.25, -0.2) is 0 Å². The standard InChI is InChI=1S/C18H14N2P2S2/c21-19-11-5-1-4-8-15(11)24-18-13(19)9-10-16-17(18)20(22)12-6-2-3-7-14(12)23-16/h1-10H,21-22H2. The van der Waals surface area contributed by atoms with E-state index < -0.39 is 0 Å². The van der Waals surface area contributed by atoms with Crippen LogP contribution < -0.4 is 0 Å². The van der Waals surface area contributed by atoms with Crippen molar-refractivity contribution in [1.29, 1.82) is 0 Å². The molecule has 0 aliphatic rings. The first kappa shape index (κ1) is 14.9. The molecule has 3 aromatic carbocycles. The van der Waals surface area contributed by atoms with Gasteiger partial charge in [0.15, 0.2) is 0 Å². The van der Waals surface area contributed by atoms with E-state index >= 15 is 0 Å². The van der Waals surface area contributed by atoms with E-state index in [2.05, 4.69) is 88.1 Å². The molecule has 2 nitrogen and oxygen atoms in total. The second-order valence-corrected chi connectivity index (χ2v) is 8.81. The van der Waals surface area contributed by atoms with Crippen LogP contribution in [-0.4, -0.2) is 8.68 Å². The molecule has 2 unspecified atom stereocenters. The van der Waals surface area contributed by atoms with Crippen molar-refractivity contribution < 1.29 is 0 Å². The average molecular weight is 384 g/mol. The summed E-state index contributed by atoms with van der Waals surface area (Å²) in [5, 5.41) is 0. The monoisotopic (exact) mass is 384 g/mol. The summed E-state index contributed by atoms with van der Waals surface area (Å²) in [7, 11) is 5.76. The fourth-order valence-corrected chi connectivity index (χ4v) is 6.87. The third kappa shape index (κ3) is 2.08. The first-order chi connectivity index (χ1) is 11.7. The average Bonchev–Trinajstić information content (AvgIpc) is 2.62. The molecular weight excluding hydrogens is 370 g/mol. The van der Waals surface area contributed by atoms with Crippen molar-refractivity contribution in [1.82, 2.24) is 8.68 Å². The van der Waals surface area contributed by atoms with Crippen molar-refractivity contribution in [2.24, 2.45) is 0 Å². The van der Waals surface area contributed by atoms with Crippen LogP contribution in [0.2, 0.25) is 0 Å². The van der Waals surface area contributed by atoms with Gasteiger partial charge in [-0.05, 0) is 55.2 Å². The zero-order chi connectivity index (χ0) is 16.3. The van der Waals surface area contributed by atoms with Gasteiger partial charge in [-0.2, -0.15) is 0 Å². The quantitative estimate of drug-likeness (QED) is 0.165. The number of nitrogens with zero attached hydrogens (tertiary/aromatic N) is 2. The smallest absolute Gasteiger partial charge is 0.0812 e. The third-order valence-corrected chi connectivity index (χ3v) is 7.63. The number of aromatic nitrogens is 2. The third-order valence-electron chi connectivity index (χ3n) is 4.26. The number of hydrogen-bond donors (Lipinski definition) is 0. The van der Waals surface area contributed by atoms with Crippen LogP contribution in [0.3, 0.4) is 0 Å². The molecule has 0 bridgehead atoms. The minimum atomic E-state index is 1.23. The predicted molar refractivity (Wildman–Crippen MR) is 116 cm³/mol. The van der Waals surface area contributed by atoms with Gasteiger partial charge in [0.1, 0.15) is 0 Å². The highest BCUT2D eigenvalue weighted by molar-refractivity contribution is 7.29. The molecule has 0 saturated carbocycles. The summed E-state index contributed by atoms with van der Waals surface area (Å²) in [5.41, 5.74) is 4.98. The zero-order valence-corrected chi connectivity index (χ0v) is 16.6. The number of fused-ring (bicyclic) bond motifs is 5. The lowest BCUT2D eigenvalue weighted by Gasteiger charge is -2.15. The lowest BCUT2D eigenvalue weighted by Crippen LogP contribution is -1.93. The Kier molecular flexibility index (Phi) is 3.43. The Hall–Kier alpha value is -1.44. The molecule has 0 aliphatic carbocycles. The van der Waals surface area contributed by atoms with Crippen LogP contribution in [0.15, 0.2) is 60.7 Å². The minimum absolute atomic E-state index is 1.23. The predicted octanol–water partition coefficient (Wildman–Crippen LogP) is 6.43. The first-order valence-electron chi connectivity index (χ1n) is 7.54. The van der Waals surface area contributed by atoms with E-state index in [9.17, 15) is 0 Å². The highest BCUT2D eigenvalue weighted by Crippen LogP contribution is 2.39. The second kappa shape index (κ2) is 5.54. The molecule has 6 heteroatoms.